The van der Waals surface area contributed by atoms with Crippen LogP contribution in [-0.4, -0.2) is 30.3 Å². The molecule has 1 aliphatic rings. The van der Waals surface area contributed by atoms with E-state index in [4.69, 9.17) is 26.8 Å². The highest BCUT2D eigenvalue weighted by molar-refractivity contribution is 6.31. The van der Waals surface area contributed by atoms with Crippen LogP contribution in [0.25, 0.3) is 0 Å². The van der Waals surface area contributed by atoms with E-state index in [9.17, 15) is 14.7 Å². The van der Waals surface area contributed by atoms with Crippen molar-refractivity contribution < 1.29 is 24.2 Å². The van der Waals surface area contributed by atoms with E-state index in [0.717, 1.165) is 18.4 Å². The molecule has 7 nitrogen and oxygen atoms in total. The molecule has 0 spiro atoms. The number of para-hydroxylation sites is 1. The van der Waals surface area contributed by atoms with Crippen molar-refractivity contribution in [2.24, 2.45) is 11.7 Å². The van der Waals surface area contributed by atoms with Gasteiger partial charge < -0.3 is 25.2 Å². The molecule has 2 aromatic carbocycles. The van der Waals surface area contributed by atoms with Gasteiger partial charge in [-0.2, -0.15) is 0 Å². The van der Waals surface area contributed by atoms with Gasteiger partial charge in [0.1, 0.15) is 11.5 Å². The molecule has 0 saturated heterocycles. The van der Waals surface area contributed by atoms with Crippen LogP contribution < -0.4 is 15.4 Å². The summed E-state index contributed by atoms with van der Waals surface area (Å²) in [5.41, 5.74) is 8.33. The molecule has 0 fully saturated rings. The Morgan fingerprint density at radius 3 is 2.74 bits per heavy atom. The lowest BCUT2D eigenvalue weighted by atomic mass is 9.99. The van der Waals surface area contributed by atoms with Gasteiger partial charge in [0.25, 0.3) is 0 Å². The summed E-state index contributed by atoms with van der Waals surface area (Å²) in [5, 5.41) is 10.5. The number of benzene rings is 2. The van der Waals surface area contributed by atoms with Crippen LogP contribution in [0, 0.1) is 5.92 Å². The Kier molecular flexibility index (Phi) is 7.41. The van der Waals surface area contributed by atoms with Crippen LogP contribution >= 0.6 is 11.6 Å². The maximum absolute atomic E-state index is 13.0. The number of halogens is 1. The van der Waals surface area contributed by atoms with Crippen LogP contribution in [0.15, 0.2) is 36.4 Å². The molecular formula is C23H27ClN2O5. The zero-order valence-electron chi connectivity index (χ0n) is 17.6. The second kappa shape index (κ2) is 10.0. The lowest BCUT2D eigenvalue weighted by Gasteiger charge is -2.31. The number of fused-ring (bicyclic) bond motifs is 1. The molecule has 0 aromatic heterocycles. The predicted molar refractivity (Wildman–Crippen MR) is 119 cm³/mol. The minimum atomic E-state index is -0.805. The van der Waals surface area contributed by atoms with E-state index in [2.05, 4.69) is 0 Å². The number of nitrogens with zero attached hydrogens (tertiary/aromatic N) is 1. The SMILES string of the molecule is CC(C)COC(=O)Oc1ccc(C(N)CC(=O)N2CCCc3cccc(O)c32)c(Cl)c1. The van der Waals surface area contributed by atoms with Gasteiger partial charge in [0.15, 0.2) is 0 Å². The van der Waals surface area contributed by atoms with E-state index >= 15 is 0 Å². The van der Waals surface area contributed by atoms with Gasteiger partial charge >= 0.3 is 6.16 Å². The summed E-state index contributed by atoms with van der Waals surface area (Å²) in [4.78, 5) is 26.3. The van der Waals surface area contributed by atoms with Crippen molar-refractivity contribution in [2.75, 3.05) is 18.1 Å². The summed E-state index contributed by atoms with van der Waals surface area (Å²) >= 11 is 6.33. The molecule has 0 aliphatic carbocycles. The highest BCUT2D eigenvalue weighted by Crippen LogP contribution is 2.36. The van der Waals surface area contributed by atoms with Crippen molar-refractivity contribution in [2.45, 2.75) is 39.2 Å². The summed E-state index contributed by atoms with van der Waals surface area (Å²) in [5.74, 6) is 0.324. The Hall–Kier alpha value is -2.77. The normalized spacial score (nSPS) is 14.2. The summed E-state index contributed by atoms with van der Waals surface area (Å²) in [7, 11) is 0. The smallest absolute Gasteiger partial charge is 0.506 e. The van der Waals surface area contributed by atoms with E-state index in [1.165, 1.54) is 6.07 Å². The number of carbonyl (C=O) groups is 2. The number of ether oxygens (including phenoxy) is 2. The van der Waals surface area contributed by atoms with Crippen molar-refractivity contribution in [3.8, 4) is 11.5 Å². The first-order valence-electron chi connectivity index (χ1n) is 10.3. The fourth-order valence-electron chi connectivity index (χ4n) is 3.52. The number of phenolic OH excluding ortho intramolecular Hbond substituents is 1. The Bertz CT molecular complexity index is 963. The molecule has 31 heavy (non-hydrogen) atoms. The average Bonchev–Trinajstić information content (AvgIpc) is 2.72. The third-order valence-electron chi connectivity index (χ3n) is 5.00. The first kappa shape index (κ1) is 22.9. The van der Waals surface area contributed by atoms with Gasteiger partial charge in [-0.3, -0.25) is 4.79 Å². The molecular weight excluding hydrogens is 420 g/mol. The number of aryl methyl sites for hydroxylation is 1. The molecule has 3 N–H and O–H groups in total. The van der Waals surface area contributed by atoms with Crippen LogP contribution in [0.2, 0.25) is 5.02 Å². The summed E-state index contributed by atoms with van der Waals surface area (Å²) in [6.45, 7) is 4.62. The number of phenols is 1. The molecule has 0 saturated carbocycles. The second-order valence-electron chi connectivity index (χ2n) is 7.98. The highest BCUT2D eigenvalue weighted by atomic mass is 35.5. The van der Waals surface area contributed by atoms with Crippen LogP contribution in [0.1, 0.15) is 43.9 Å². The van der Waals surface area contributed by atoms with Gasteiger partial charge in [-0.05, 0) is 48.1 Å². The average molecular weight is 447 g/mol. The van der Waals surface area contributed by atoms with Gasteiger partial charge in [0.2, 0.25) is 5.91 Å². The van der Waals surface area contributed by atoms with Crippen LogP contribution in [0.3, 0.4) is 0 Å². The number of carbonyl (C=O) groups excluding carboxylic acids is 2. The zero-order valence-corrected chi connectivity index (χ0v) is 18.4. The Labute approximate surface area is 186 Å². The van der Waals surface area contributed by atoms with Crippen molar-refractivity contribution in [1.29, 1.82) is 0 Å². The molecule has 8 heteroatoms. The molecule has 0 bridgehead atoms. The molecule has 3 rings (SSSR count). The fourth-order valence-corrected chi connectivity index (χ4v) is 3.83. The van der Waals surface area contributed by atoms with E-state index in [1.807, 2.05) is 19.9 Å². The number of rotatable bonds is 6. The van der Waals surface area contributed by atoms with Crippen LogP contribution in [0.4, 0.5) is 10.5 Å². The highest BCUT2D eigenvalue weighted by Gasteiger charge is 2.27. The van der Waals surface area contributed by atoms with Gasteiger partial charge in [-0.15, -0.1) is 0 Å². The van der Waals surface area contributed by atoms with E-state index < -0.39 is 12.2 Å². The minimum absolute atomic E-state index is 0.0180. The first-order chi connectivity index (χ1) is 14.8. The lowest BCUT2D eigenvalue weighted by molar-refractivity contribution is -0.119. The van der Waals surface area contributed by atoms with Crippen molar-refractivity contribution in [3.63, 3.8) is 0 Å². The first-order valence-corrected chi connectivity index (χ1v) is 10.6. The topological polar surface area (TPSA) is 102 Å². The third kappa shape index (κ3) is 5.68. The fraction of sp³-hybridized carbons (Fsp3) is 0.391. The van der Waals surface area contributed by atoms with Crippen LogP contribution in [0.5, 0.6) is 11.5 Å². The van der Waals surface area contributed by atoms with Gasteiger partial charge in [0.05, 0.1) is 12.3 Å². The number of anilines is 1. The molecule has 0 radical (unpaired) electrons. The molecule has 2 aromatic rings. The number of nitrogens with two attached hydrogens (primary N) is 1. The zero-order chi connectivity index (χ0) is 22.5. The van der Waals surface area contributed by atoms with E-state index in [0.29, 0.717) is 17.8 Å². The lowest BCUT2D eigenvalue weighted by Crippen LogP contribution is -2.37. The Morgan fingerprint density at radius 2 is 2.03 bits per heavy atom. The van der Waals surface area contributed by atoms with Crippen LogP contribution in [-0.2, 0) is 16.0 Å². The quantitative estimate of drug-likeness (QED) is 0.497. The summed E-state index contributed by atoms with van der Waals surface area (Å²) in [6.07, 6.45) is 0.842. The number of aromatic hydroxyl groups is 1. The Balaban J connectivity index is 1.67. The summed E-state index contributed by atoms with van der Waals surface area (Å²) < 4.78 is 10.1. The standard InChI is InChI=1S/C23H27ClN2O5/c1-14(2)13-30-23(29)31-16-8-9-17(18(24)11-16)19(25)12-21(28)26-10-4-6-15-5-3-7-20(27)22(15)26/h3,5,7-9,11,14,19,27H,4,6,10,12-13,25H2,1-2H3. The maximum atomic E-state index is 13.0. The minimum Gasteiger partial charge on any atom is -0.506 e. The van der Waals surface area contributed by atoms with Gasteiger partial charge in [-0.25, -0.2) is 4.79 Å². The van der Waals surface area contributed by atoms with E-state index in [1.54, 1.807) is 29.2 Å². The molecule has 166 valence electrons. The van der Waals surface area contributed by atoms with E-state index in [-0.39, 0.29) is 41.4 Å². The van der Waals surface area contributed by atoms with Crippen molar-refractivity contribution in [3.05, 3.63) is 52.5 Å². The van der Waals surface area contributed by atoms with Crippen molar-refractivity contribution in [1.82, 2.24) is 0 Å². The predicted octanol–water partition coefficient (Wildman–Crippen LogP) is 4.59. The maximum Gasteiger partial charge on any atom is 0.513 e. The van der Waals surface area contributed by atoms with Gasteiger partial charge in [0, 0.05) is 24.0 Å². The number of hydrogen-bond acceptors (Lipinski definition) is 6. The summed E-state index contributed by atoms with van der Waals surface area (Å²) in [6, 6.07) is 9.27. The molecule has 1 aliphatic heterocycles. The third-order valence-corrected chi connectivity index (χ3v) is 5.33. The Morgan fingerprint density at radius 1 is 1.26 bits per heavy atom. The molecule has 1 amide bonds. The van der Waals surface area contributed by atoms with Gasteiger partial charge in [-0.1, -0.05) is 43.6 Å². The second-order valence-corrected chi connectivity index (χ2v) is 8.39. The molecule has 1 unspecified atom stereocenters. The molecule has 1 atom stereocenters. The molecule has 1 heterocycles. The van der Waals surface area contributed by atoms with Crippen molar-refractivity contribution >= 4 is 29.4 Å². The monoisotopic (exact) mass is 446 g/mol. The largest absolute Gasteiger partial charge is 0.513 e. The number of amides is 1. The number of hydrogen-bond donors (Lipinski definition) is 2.